The summed E-state index contributed by atoms with van der Waals surface area (Å²) in [4.78, 5) is 30.9. The highest BCUT2D eigenvalue weighted by Gasteiger charge is 2.11. The number of carboxylic acids is 1. The zero-order valence-electron chi connectivity index (χ0n) is 13.5. The number of rotatable bonds is 6. The van der Waals surface area contributed by atoms with Gasteiger partial charge in [0.2, 0.25) is 11.9 Å². The average Bonchev–Trinajstić information content (AvgIpc) is 2.65. The van der Waals surface area contributed by atoms with Gasteiger partial charge >= 0.3 is 0 Å². The summed E-state index contributed by atoms with van der Waals surface area (Å²) in [5.74, 6) is -1.56. The van der Waals surface area contributed by atoms with Crippen LogP contribution in [0.15, 0.2) is 53.0 Å². The van der Waals surface area contributed by atoms with Crippen molar-refractivity contribution in [3.63, 3.8) is 0 Å². The van der Waals surface area contributed by atoms with Gasteiger partial charge in [0.25, 0.3) is 0 Å². The number of amides is 1. The summed E-state index contributed by atoms with van der Waals surface area (Å²) in [6.07, 6.45) is -0.545. The molecule has 132 valence electrons. The van der Waals surface area contributed by atoms with Crippen molar-refractivity contribution in [1.29, 1.82) is 0 Å². The van der Waals surface area contributed by atoms with Crippen LogP contribution in [0, 0.1) is 0 Å². The second kappa shape index (κ2) is 7.92. The summed E-state index contributed by atoms with van der Waals surface area (Å²) in [5, 5.41) is 11.3. The molecule has 0 spiro atoms. The van der Waals surface area contributed by atoms with E-state index >= 15 is 0 Å². The van der Waals surface area contributed by atoms with Crippen molar-refractivity contribution < 1.29 is 14.7 Å². The molecule has 1 aromatic heterocycles. The van der Waals surface area contributed by atoms with Gasteiger partial charge in [0.1, 0.15) is 0 Å². The van der Waals surface area contributed by atoms with E-state index in [0.29, 0.717) is 11.2 Å². The Hall–Kier alpha value is -3.00. The Morgan fingerprint density at radius 1 is 1.04 bits per heavy atom. The molecule has 3 aromatic rings. The second-order valence-electron chi connectivity index (χ2n) is 5.47. The zero-order valence-corrected chi connectivity index (χ0v) is 15.1. The molecule has 0 fully saturated rings. The Morgan fingerprint density at radius 2 is 1.81 bits per heavy atom. The van der Waals surface area contributed by atoms with Gasteiger partial charge in [-0.15, -0.1) is 0 Å². The van der Waals surface area contributed by atoms with Crippen LogP contribution in [0.4, 0.5) is 5.95 Å². The van der Waals surface area contributed by atoms with Gasteiger partial charge in [-0.25, -0.2) is 9.97 Å². The average molecular weight is 414 g/mol. The first-order valence-electron chi connectivity index (χ1n) is 7.80. The largest absolute Gasteiger partial charge is 0.550 e. The summed E-state index contributed by atoms with van der Waals surface area (Å²) in [7, 11) is 0. The molecule has 0 atom stereocenters. The normalized spacial score (nSPS) is 10.5. The highest BCUT2D eigenvalue weighted by atomic mass is 79.9. The van der Waals surface area contributed by atoms with E-state index in [1.54, 1.807) is 0 Å². The fourth-order valence-electron chi connectivity index (χ4n) is 2.38. The van der Waals surface area contributed by atoms with Crippen molar-refractivity contribution in [1.82, 2.24) is 15.4 Å². The number of aliphatic carboxylic acids is 1. The SMILES string of the molecule is O=C([O-])CCC(=O)NNc1nc(-c2ccccc2)c2cc(Br)ccc2n1. The fraction of sp³-hybridized carbons (Fsp3) is 0.111. The molecule has 0 aliphatic heterocycles. The lowest BCUT2D eigenvalue weighted by Crippen LogP contribution is -2.32. The second-order valence-corrected chi connectivity index (χ2v) is 6.38. The summed E-state index contributed by atoms with van der Waals surface area (Å²) in [5.41, 5.74) is 7.35. The first kappa shape index (κ1) is 17.8. The van der Waals surface area contributed by atoms with E-state index in [4.69, 9.17) is 0 Å². The molecule has 0 aliphatic carbocycles. The van der Waals surface area contributed by atoms with Crippen LogP contribution >= 0.6 is 15.9 Å². The molecule has 0 saturated heterocycles. The predicted octanol–water partition coefficient (Wildman–Crippen LogP) is 2.03. The van der Waals surface area contributed by atoms with Gasteiger partial charge in [0.05, 0.1) is 11.2 Å². The van der Waals surface area contributed by atoms with Gasteiger partial charge in [-0.3, -0.25) is 15.6 Å². The third kappa shape index (κ3) is 4.34. The smallest absolute Gasteiger partial charge is 0.242 e. The maximum Gasteiger partial charge on any atom is 0.242 e. The number of carbonyl (C=O) groups excluding carboxylic acids is 2. The van der Waals surface area contributed by atoms with Crippen molar-refractivity contribution in [2.75, 3.05) is 5.43 Å². The number of benzene rings is 2. The van der Waals surface area contributed by atoms with Crippen LogP contribution in [0.25, 0.3) is 22.2 Å². The third-order valence-electron chi connectivity index (χ3n) is 3.57. The highest BCUT2D eigenvalue weighted by Crippen LogP contribution is 2.29. The highest BCUT2D eigenvalue weighted by molar-refractivity contribution is 9.10. The molecule has 1 amide bonds. The third-order valence-corrected chi connectivity index (χ3v) is 4.07. The molecule has 0 saturated carbocycles. The molecule has 0 bridgehead atoms. The topological polar surface area (TPSA) is 107 Å². The first-order valence-corrected chi connectivity index (χ1v) is 8.59. The lowest BCUT2D eigenvalue weighted by atomic mass is 10.1. The minimum atomic E-state index is -1.28. The van der Waals surface area contributed by atoms with Crippen molar-refractivity contribution >= 4 is 44.7 Å². The van der Waals surface area contributed by atoms with Crippen LogP contribution in [0.5, 0.6) is 0 Å². The van der Waals surface area contributed by atoms with E-state index in [0.717, 1.165) is 15.4 Å². The molecule has 7 nitrogen and oxygen atoms in total. The van der Waals surface area contributed by atoms with Crippen LogP contribution in [-0.2, 0) is 9.59 Å². The minimum absolute atomic E-state index is 0.193. The number of anilines is 1. The molecule has 0 unspecified atom stereocenters. The quantitative estimate of drug-likeness (QED) is 0.598. The van der Waals surface area contributed by atoms with Crippen LogP contribution in [0.2, 0.25) is 0 Å². The minimum Gasteiger partial charge on any atom is -0.550 e. The van der Waals surface area contributed by atoms with Crippen molar-refractivity contribution in [3.8, 4) is 11.3 Å². The molecule has 26 heavy (non-hydrogen) atoms. The number of nitrogens with one attached hydrogen (secondary N) is 2. The molecule has 0 aliphatic rings. The Morgan fingerprint density at radius 3 is 2.54 bits per heavy atom. The first-order chi connectivity index (χ1) is 12.5. The van der Waals surface area contributed by atoms with Crippen LogP contribution in [0.1, 0.15) is 12.8 Å². The number of hydrogen-bond donors (Lipinski definition) is 2. The molecule has 1 heterocycles. The van der Waals surface area contributed by atoms with E-state index in [1.165, 1.54) is 0 Å². The Labute approximate surface area is 157 Å². The molecular formula is C18H14BrN4O3-. The molecule has 3 rings (SSSR count). The van der Waals surface area contributed by atoms with Crippen molar-refractivity contribution in [3.05, 3.63) is 53.0 Å². The van der Waals surface area contributed by atoms with E-state index in [2.05, 4.69) is 36.7 Å². The monoisotopic (exact) mass is 413 g/mol. The standard InChI is InChI=1S/C18H15BrN4O3/c19-12-6-7-14-13(10-12)17(11-4-2-1-3-5-11)21-18(20-14)23-22-15(24)8-9-16(25)26/h1-7,10H,8-9H2,(H,22,24)(H,25,26)(H,20,21,23)/p-1. The van der Waals surface area contributed by atoms with E-state index in [1.807, 2.05) is 48.5 Å². The van der Waals surface area contributed by atoms with Gasteiger partial charge in [-0.2, -0.15) is 0 Å². The van der Waals surface area contributed by atoms with Crippen LogP contribution in [-0.4, -0.2) is 21.8 Å². The zero-order chi connectivity index (χ0) is 18.5. The molecule has 2 N–H and O–H groups in total. The Balaban J connectivity index is 1.91. The number of nitrogens with zero attached hydrogens (tertiary/aromatic N) is 2. The summed E-state index contributed by atoms with van der Waals surface area (Å²) in [6.45, 7) is 0. The molecular weight excluding hydrogens is 400 g/mol. The number of carboxylic acid groups (broad SMARTS) is 1. The summed E-state index contributed by atoms with van der Waals surface area (Å²) >= 11 is 3.46. The number of hydrazine groups is 1. The molecule has 0 radical (unpaired) electrons. The van der Waals surface area contributed by atoms with Crippen molar-refractivity contribution in [2.24, 2.45) is 0 Å². The van der Waals surface area contributed by atoms with Gasteiger partial charge in [0, 0.05) is 27.8 Å². The van der Waals surface area contributed by atoms with E-state index < -0.39 is 11.9 Å². The number of hydrogen-bond acceptors (Lipinski definition) is 6. The van der Waals surface area contributed by atoms with Crippen LogP contribution in [0.3, 0.4) is 0 Å². The number of fused-ring (bicyclic) bond motifs is 1. The molecule has 2 aromatic carbocycles. The maximum atomic E-state index is 11.7. The number of carbonyl (C=O) groups is 2. The van der Waals surface area contributed by atoms with E-state index in [9.17, 15) is 14.7 Å². The maximum absolute atomic E-state index is 11.7. The Kier molecular flexibility index (Phi) is 5.43. The lowest BCUT2D eigenvalue weighted by Gasteiger charge is -2.11. The summed E-state index contributed by atoms with van der Waals surface area (Å²) in [6, 6.07) is 15.3. The Bertz CT molecular complexity index is 963. The van der Waals surface area contributed by atoms with Gasteiger partial charge in [-0.05, 0) is 24.6 Å². The van der Waals surface area contributed by atoms with Gasteiger partial charge < -0.3 is 9.90 Å². The number of aromatic nitrogens is 2. The van der Waals surface area contributed by atoms with Gasteiger partial charge in [0.15, 0.2) is 0 Å². The lowest BCUT2D eigenvalue weighted by molar-refractivity contribution is -0.305. The van der Waals surface area contributed by atoms with Crippen molar-refractivity contribution in [2.45, 2.75) is 12.8 Å². The fourth-order valence-corrected chi connectivity index (χ4v) is 2.74. The summed E-state index contributed by atoms with van der Waals surface area (Å²) < 4.78 is 0.905. The molecule has 8 heteroatoms. The number of halogens is 1. The van der Waals surface area contributed by atoms with Gasteiger partial charge in [-0.1, -0.05) is 46.3 Å². The predicted molar refractivity (Wildman–Crippen MR) is 98.7 cm³/mol. The van der Waals surface area contributed by atoms with Crippen LogP contribution < -0.4 is 16.0 Å². The van der Waals surface area contributed by atoms with E-state index in [-0.39, 0.29) is 18.8 Å².